The van der Waals surface area contributed by atoms with Crippen LogP contribution in [0, 0.1) is 11.8 Å². The molecule has 1 saturated heterocycles. The normalized spacial score (nSPS) is 25.2. The Hall–Kier alpha value is -2.63. The largest absolute Gasteiger partial charge is 0.508 e. The van der Waals surface area contributed by atoms with Gasteiger partial charge in [-0.05, 0) is 54.5 Å². The van der Waals surface area contributed by atoms with Crippen molar-refractivity contribution in [1.29, 1.82) is 0 Å². The molecule has 2 heterocycles. The summed E-state index contributed by atoms with van der Waals surface area (Å²) >= 11 is 0. The smallest absolute Gasteiger partial charge is 0.127 e. The Morgan fingerprint density at radius 3 is 2.55 bits per heavy atom. The summed E-state index contributed by atoms with van der Waals surface area (Å²) < 4.78 is 6.40. The maximum absolute atomic E-state index is 10.5. The van der Waals surface area contributed by atoms with Crippen LogP contribution in [0.4, 0.5) is 0 Å². The predicted molar refractivity (Wildman–Crippen MR) is 112 cm³/mol. The number of ether oxygens (including phenoxy) is 1. The van der Waals surface area contributed by atoms with Gasteiger partial charge in [-0.2, -0.15) is 0 Å². The molecule has 5 nitrogen and oxygen atoms in total. The fraction of sp³-hybridized carbons (Fsp3) is 0.375. The summed E-state index contributed by atoms with van der Waals surface area (Å²) in [6, 6.07) is 15.0. The minimum absolute atomic E-state index is 0.227. The summed E-state index contributed by atoms with van der Waals surface area (Å²) in [6.45, 7) is 2.66. The molecule has 1 aliphatic heterocycles. The highest BCUT2D eigenvalue weighted by Crippen LogP contribution is 2.41. The van der Waals surface area contributed by atoms with Gasteiger partial charge in [-0.3, -0.25) is 9.88 Å². The van der Waals surface area contributed by atoms with E-state index in [-0.39, 0.29) is 11.9 Å². The van der Waals surface area contributed by atoms with E-state index < -0.39 is 6.10 Å². The van der Waals surface area contributed by atoms with Gasteiger partial charge in [0.15, 0.2) is 0 Å². The number of aromatic hydroxyl groups is 1. The number of aliphatic hydroxyl groups excluding tert-OH is 1. The Morgan fingerprint density at radius 1 is 1.03 bits per heavy atom. The third-order valence-electron chi connectivity index (χ3n) is 6.43. The number of phenolic OH excluding ortho intramolecular Hbond substituents is 1. The number of pyridine rings is 1. The van der Waals surface area contributed by atoms with E-state index in [1.54, 1.807) is 24.3 Å². The first-order chi connectivity index (χ1) is 14.2. The van der Waals surface area contributed by atoms with Gasteiger partial charge in [-0.25, -0.2) is 0 Å². The number of β-amino-alcohol motifs (C(OH)–C–C–N with tert-alkyl or cyclic N) is 1. The number of phenols is 1. The second kappa shape index (κ2) is 7.65. The maximum Gasteiger partial charge on any atom is 0.127 e. The first-order valence-corrected chi connectivity index (χ1v) is 10.3. The minimum Gasteiger partial charge on any atom is -0.508 e. The summed E-state index contributed by atoms with van der Waals surface area (Å²) in [5, 5.41) is 22.2. The van der Waals surface area contributed by atoms with Crippen LogP contribution in [-0.4, -0.2) is 45.8 Å². The van der Waals surface area contributed by atoms with E-state index in [0.717, 1.165) is 48.0 Å². The van der Waals surface area contributed by atoms with Crippen molar-refractivity contribution >= 4 is 10.8 Å². The van der Waals surface area contributed by atoms with Crippen molar-refractivity contribution in [2.75, 3.05) is 19.6 Å². The second-order valence-corrected chi connectivity index (χ2v) is 8.41. The fourth-order valence-electron chi connectivity index (χ4n) is 5.01. The van der Waals surface area contributed by atoms with Crippen molar-refractivity contribution in [3.63, 3.8) is 0 Å². The van der Waals surface area contributed by atoms with E-state index >= 15 is 0 Å². The summed E-state index contributed by atoms with van der Waals surface area (Å²) in [5.74, 6) is 2.44. The lowest BCUT2D eigenvalue weighted by Crippen LogP contribution is -2.28. The SMILES string of the molecule is Oc1ccc(C(O)CN2C[C@H]3CC(Oc4cccc5cnccc45)C[C@H]3C2)cc1. The monoisotopic (exact) mass is 390 g/mol. The van der Waals surface area contributed by atoms with Crippen molar-refractivity contribution in [1.82, 2.24) is 9.88 Å². The van der Waals surface area contributed by atoms with E-state index in [1.807, 2.05) is 24.5 Å². The number of hydrogen-bond acceptors (Lipinski definition) is 5. The Morgan fingerprint density at radius 2 is 1.79 bits per heavy atom. The third-order valence-corrected chi connectivity index (χ3v) is 6.43. The summed E-state index contributed by atoms with van der Waals surface area (Å²) in [4.78, 5) is 6.56. The number of benzene rings is 2. The molecule has 2 fully saturated rings. The Bertz CT molecular complexity index is 972. The lowest BCUT2D eigenvalue weighted by atomic mass is 10.0. The first-order valence-electron chi connectivity index (χ1n) is 10.3. The molecule has 0 amide bonds. The molecule has 2 aromatic carbocycles. The van der Waals surface area contributed by atoms with Crippen LogP contribution in [0.2, 0.25) is 0 Å². The van der Waals surface area contributed by atoms with Crippen molar-refractivity contribution in [2.45, 2.75) is 25.0 Å². The topological polar surface area (TPSA) is 65.8 Å². The number of hydrogen-bond donors (Lipinski definition) is 2. The van der Waals surface area contributed by atoms with Gasteiger partial charge >= 0.3 is 0 Å². The molecule has 0 radical (unpaired) electrons. The van der Waals surface area contributed by atoms with E-state index in [4.69, 9.17) is 4.74 Å². The number of likely N-dealkylation sites (tertiary alicyclic amines) is 1. The van der Waals surface area contributed by atoms with Crippen LogP contribution in [0.5, 0.6) is 11.5 Å². The standard InChI is InChI=1S/C24H26N2O3/c27-20-6-4-16(5-7-20)23(28)15-26-13-18-10-21(11-19(18)14-26)29-24-3-1-2-17-12-25-9-8-22(17)24/h1-9,12,18-19,21,23,27-28H,10-11,13-15H2/t18-,19+,21?,23?. The van der Waals surface area contributed by atoms with Crippen LogP contribution < -0.4 is 4.74 Å². The van der Waals surface area contributed by atoms with Gasteiger partial charge in [-0.15, -0.1) is 0 Å². The third kappa shape index (κ3) is 3.80. The van der Waals surface area contributed by atoms with Crippen molar-refractivity contribution < 1.29 is 14.9 Å². The molecule has 2 aliphatic rings. The molecule has 150 valence electrons. The van der Waals surface area contributed by atoms with E-state index in [9.17, 15) is 10.2 Å². The summed E-state index contributed by atoms with van der Waals surface area (Å²) in [5.41, 5.74) is 0.853. The number of aliphatic hydroxyl groups is 1. The lowest BCUT2D eigenvalue weighted by molar-refractivity contribution is 0.116. The molecule has 5 rings (SSSR count). The van der Waals surface area contributed by atoms with Crippen LogP contribution in [0.3, 0.4) is 0 Å². The maximum atomic E-state index is 10.5. The average molecular weight is 390 g/mol. The number of rotatable bonds is 5. The molecule has 1 saturated carbocycles. The first kappa shape index (κ1) is 18.4. The van der Waals surface area contributed by atoms with Crippen molar-refractivity contribution in [3.8, 4) is 11.5 Å². The molecule has 2 unspecified atom stereocenters. The molecular weight excluding hydrogens is 364 g/mol. The van der Waals surface area contributed by atoms with E-state index in [1.165, 1.54) is 0 Å². The molecule has 1 aliphatic carbocycles. The molecule has 4 atom stereocenters. The molecule has 2 N–H and O–H groups in total. The molecule has 1 aromatic heterocycles. The molecular formula is C24H26N2O3. The highest BCUT2D eigenvalue weighted by atomic mass is 16.5. The molecule has 0 bridgehead atoms. The van der Waals surface area contributed by atoms with Crippen LogP contribution in [0.1, 0.15) is 24.5 Å². The van der Waals surface area contributed by atoms with E-state index in [2.05, 4.69) is 22.0 Å². The van der Waals surface area contributed by atoms with Gasteiger partial charge in [-0.1, -0.05) is 24.3 Å². The van der Waals surface area contributed by atoms with Gasteiger partial charge in [0.2, 0.25) is 0 Å². The van der Waals surface area contributed by atoms with Gasteiger partial charge in [0.1, 0.15) is 11.5 Å². The summed E-state index contributed by atoms with van der Waals surface area (Å²) in [6.07, 6.45) is 5.56. The predicted octanol–water partition coefficient (Wildman–Crippen LogP) is 3.76. The van der Waals surface area contributed by atoms with Crippen molar-refractivity contribution in [2.24, 2.45) is 11.8 Å². The number of fused-ring (bicyclic) bond motifs is 2. The van der Waals surface area contributed by atoms with Gasteiger partial charge < -0.3 is 14.9 Å². The molecule has 0 spiro atoms. The van der Waals surface area contributed by atoms with Crippen molar-refractivity contribution in [3.05, 3.63) is 66.5 Å². The van der Waals surface area contributed by atoms with Crippen LogP contribution in [0.25, 0.3) is 10.8 Å². The molecule has 29 heavy (non-hydrogen) atoms. The lowest BCUT2D eigenvalue weighted by Gasteiger charge is -2.23. The number of aromatic nitrogens is 1. The highest BCUT2D eigenvalue weighted by Gasteiger charge is 2.42. The Balaban J connectivity index is 1.18. The zero-order chi connectivity index (χ0) is 19.8. The van der Waals surface area contributed by atoms with Gasteiger partial charge in [0, 0.05) is 42.8 Å². The van der Waals surface area contributed by atoms with Gasteiger partial charge in [0.05, 0.1) is 12.2 Å². The van der Waals surface area contributed by atoms with E-state index in [0.29, 0.717) is 18.4 Å². The van der Waals surface area contributed by atoms with Gasteiger partial charge in [0.25, 0.3) is 0 Å². The zero-order valence-corrected chi connectivity index (χ0v) is 16.3. The number of nitrogens with zero attached hydrogens (tertiary/aromatic N) is 2. The van der Waals surface area contributed by atoms with Crippen LogP contribution in [0.15, 0.2) is 60.9 Å². The molecule has 3 aromatic rings. The molecule has 5 heteroatoms. The summed E-state index contributed by atoms with van der Waals surface area (Å²) in [7, 11) is 0. The average Bonchev–Trinajstić information content (AvgIpc) is 3.26. The minimum atomic E-state index is -0.522. The quantitative estimate of drug-likeness (QED) is 0.694. The Labute approximate surface area is 170 Å². The Kier molecular flexibility index (Phi) is 4.86. The zero-order valence-electron chi connectivity index (χ0n) is 16.3. The second-order valence-electron chi connectivity index (χ2n) is 8.41. The van der Waals surface area contributed by atoms with Crippen LogP contribution in [-0.2, 0) is 0 Å². The van der Waals surface area contributed by atoms with Crippen LogP contribution >= 0.6 is 0 Å². The fourth-order valence-corrected chi connectivity index (χ4v) is 5.01. The highest BCUT2D eigenvalue weighted by molar-refractivity contribution is 5.87.